The van der Waals surface area contributed by atoms with Crippen molar-refractivity contribution in [2.24, 2.45) is 44.9 Å². The normalized spacial score (nSPS) is 15.4. The summed E-state index contributed by atoms with van der Waals surface area (Å²) >= 11 is 0. The van der Waals surface area contributed by atoms with Gasteiger partial charge in [0.1, 0.15) is 33.6 Å². The smallest absolute Gasteiger partial charge is 0.102 e. The zero-order valence-electron chi connectivity index (χ0n) is 75.0. The Kier molecular flexibility index (Phi) is 140. The van der Waals surface area contributed by atoms with Crippen LogP contribution in [0, 0.1) is 422 Å². The SMILES string of the molecule is CCC(C)(O)C(C)=NC.CCC(C)(O)C(C)=NC(C)C.CCC(O)(CC)C(C)=NC.CCC(O)(CC)C(C)=NC(C)C.CCCC(O)(CC)C(C)=NC.CCCC(O)(CC)C(C)=NC(C)C.CCCC(O)(CC)C(C)=NCC.CCN=C(C)C(C)(O)CC.CCN=C(C)C(O)(CC)CC.[Yb].[Yb].[Yb].[Yb].[Yb].[Yb].[Yb].[Yb].[Yb]. The number of hydrogen-bond acceptors (Lipinski definition) is 18. The average Bonchev–Trinajstić information content (AvgIpc) is 0.885. The fourth-order valence-electron chi connectivity index (χ4n) is 9.51. The third kappa shape index (κ3) is 79.7. The van der Waals surface area contributed by atoms with Gasteiger partial charge in [-0.15, -0.1) is 0 Å². The van der Waals surface area contributed by atoms with E-state index in [1.807, 2.05) is 208 Å². The molecule has 0 saturated heterocycles. The fourth-order valence-corrected chi connectivity index (χ4v) is 9.51. The van der Waals surface area contributed by atoms with Crippen LogP contribution in [-0.4, -0.2) is 207 Å². The number of aliphatic imine (C=N–C) groups is 9. The summed E-state index contributed by atoms with van der Waals surface area (Å²) in [5.74, 6) is 0. The van der Waals surface area contributed by atoms with Gasteiger partial charge < -0.3 is 46.0 Å². The van der Waals surface area contributed by atoms with Crippen LogP contribution in [0.4, 0.5) is 0 Å². The van der Waals surface area contributed by atoms with E-state index in [-0.39, 0.29) is 440 Å². The van der Waals surface area contributed by atoms with Gasteiger partial charge in [0, 0.05) is 533 Å². The van der Waals surface area contributed by atoms with Crippen LogP contribution in [0.2, 0.25) is 0 Å². The zero-order chi connectivity index (χ0) is 80.6. The second-order valence-electron chi connectivity index (χ2n) is 27.5. The molecule has 0 bridgehead atoms. The Hall–Kier alpha value is 10.3. The third-order valence-electron chi connectivity index (χ3n) is 19.2. The van der Waals surface area contributed by atoms with Crippen LogP contribution in [0.5, 0.6) is 0 Å². The van der Waals surface area contributed by atoms with Crippen molar-refractivity contribution < 1.29 is 468 Å². The van der Waals surface area contributed by atoms with Crippen molar-refractivity contribution in [3.63, 3.8) is 0 Å². The molecule has 108 heavy (non-hydrogen) atoms. The molecule has 0 aromatic carbocycles. The standard InChI is InChI=1S/C11H23NO.2C10H21NO.3C9H19NO.2C8H17NO.C7H15NO.9Yb/c1-6-8-11(13,7-2)10(5)12-9(3)4;1-6-10(12,7-2)9(5)11-8(3)4;1-5-8-10(12,6-2)9(4)11-7-3;1-6-9(5,11)8(4)10-7(2)3;1-5-7-9(11,6-2)8(3)10-4;1-5-9(11,6-2)8(4)10-7-3;1-5-8(10,6-2)7(3)9-4;1-5-8(4,10)7(3)9-6-2;1-5-7(3,9)6(2)8-4;;;;;;;;;/h9,13H,6-8H2,1-5H3;8,12H,6-7H2,1-5H3;12H,5-8H2,1-4H3;7,11H,6H2,1-5H3;2*11H,5-7H2,1-4H3;2*10H,5-6H2,1-4H3;9H,5H2,1-4H3;;;;;;;;;. The van der Waals surface area contributed by atoms with Crippen molar-refractivity contribution in [2.75, 3.05) is 40.8 Å². The molecule has 0 spiro atoms. The van der Waals surface area contributed by atoms with Crippen molar-refractivity contribution in [1.82, 2.24) is 0 Å². The van der Waals surface area contributed by atoms with Crippen molar-refractivity contribution in [1.29, 1.82) is 0 Å². The molecule has 0 aliphatic carbocycles. The van der Waals surface area contributed by atoms with E-state index in [0.29, 0.717) is 0 Å². The molecule has 27 heteroatoms. The van der Waals surface area contributed by atoms with E-state index in [0.717, 1.165) is 187 Å². The van der Waals surface area contributed by atoms with Gasteiger partial charge in [0.25, 0.3) is 0 Å². The molecule has 0 radical (unpaired) electrons. The van der Waals surface area contributed by atoms with E-state index in [1.54, 1.807) is 41.9 Å². The summed E-state index contributed by atoms with van der Waals surface area (Å²) in [5, 5.41) is 88.7. The molecule has 0 amide bonds. The van der Waals surface area contributed by atoms with Gasteiger partial charge in [-0.25, -0.2) is 0 Å². The van der Waals surface area contributed by atoms with Gasteiger partial charge in [0.2, 0.25) is 0 Å². The van der Waals surface area contributed by atoms with Crippen LogP contribution in [0.25, 0.3) is 0 Å². The Morgan fingerprint density at radius 3 is 0.593 bits per heavy atom. The number of aliphatic hydroxyl groups is 9. The fraction of sp³-hybridized carbons (Fsp3) is 0.889. The molecule has 0 fully saturated rings. The van der Waals surface area contributed by atoms with Crippen LogP contribution in [0.3, 0.4) is 0 Å². The summed E-state index contributed by atoms with van der Waals surface area (Å²) in [5.41, 5.74) is 1.56. The van der Waals surface area contributed by atoms with Crippen LogP contribution in [-0.2, 0) is 0 Å². The summed E-state index contributed by atoms with van der Waals surface area (Å²) in [7, 11) is 5.14. The van der Waals surface area contributed by atoms with Crippen LogP contribution in [0.15, 0.2) is 44.9 Å². The monoisotopic (exact) mass is 2980 g/mol. The summed E-state index contributed by atoms with van der Waals surface area (Å²) in [6, 6.07) is 0.817. The summed E-state index contributed by atoms with van der Waals surface area (Å²) < 4.78 is 0. The zero-order valence-corrected chi connectivity index (χ0v) is 90.5. The Morgan fingerprint density at radius 1 is 0.231 bits per heavy atom. The molecule has 0 saturated carbocycles. The van der Waals surface area contributed by atoms with Gasteiger partial charge in [-0.2, -0.15) is 0 Å². The first-order valence-corrected chi connectivity index (χ1v) is 38.3. The average molecular weight is 2970 g/mol. The first-order valence-electron chi connectivity index (χ1n) is 38.3. The molecule has 720 valence electrons. The van der Waals surface area contributed by atoms with Gasteiger partial charge in [-0.05, 0) is 242 Å². The minimum Gasteiger partial charge on any atom is -0.384 e. The summed E-state index contributed by atoms with van der Waals surface area (Å²) in [6.45, 7) is 72.7. The quantitative estimate of drug-likeness (QED) is 0.0282. The predicted octanol–water partition coefficient (Wildman–Crippen LogP) is 18.2. The molecule has 0 aliphatic rings. The molecule has 0 rings (SSSR count). The van der Waals surface area contributed by atoms with Gasteiger partial charge in [-0.3, -0.25) is 44.9 Å². The first kappa shape index (κ1) is 162. The Bertz CT molecular complexity index is 2310. The van der Waals surface area contributed by atoms with E-state index in [9.17, 15) is 46.0 Å². The summed E-state index contributed by atoms with van der Waals surface area (Å²) in [6.07, 6.45) is 14.3. The summed E-state index contributed by atoms with van der Waals surface area (Å²) in [4.78, 5) is 37.5. The topological polar surface area (TPSA) is 293 Å². The Morgan fingerprint density at radius 2 is 0.398 bits per heavy atom. The number of nitrogens with zero attached hydrogens (tertiary/aromatic N) is 9. The molecule has 0 aliphatic heterocycles. The van der Waals surface area contributed by atoms with Gasteiger partial charge in [-0.1, -0.05) is 123 Å². The van der Waals surface area contributed by atoms with E-state index < -0.39 is 50.4 Å². The Balaban J connectivity index is -0.0000000523. The van der Waals surface area contributed by atoms with Crippen molar-refractivity contribution in [3.05, 3.63) is 0 Å². The molecule has 9 N–H and O–H groups in total. The largest absolute Gasteiger partial charge is 0.384 e. The molecule has 0 aromatic heterocycles. The predicted molar refractivity (Wildman–Crippen MR) is 443 cm³/mol. The van der Waals surface area contributed by atoms with Gasteiger partial charge >= 0.3 is 0 Å². The minimum absolute atomic E-state index is 0. The molecular weight excluding hydrogens is 2800 g/mol. The molecule has 18 nitrogen and oxygen atoms in total. The van der Waals surface area contributed by atoms with Crippen molar-refractivity contribution in [3.8, 4) is 0 Å². The van der Waals surface area contributed by atoms with Gasteiger partial charge in [0.05, 0.1) is 16.8 Å². The van der Waals surface area contributed by atoms with Gasteiger partial charge in [0.15, 0.2) is 0 Å². The molecule has 0 heterocycles. The molecule has 6 atom stereocenters. The van der Waals surface area contributed by atoms with E-state index in [4.69, 9.17) is 0 Å². The molecule has 6 unspecified atom stereocenters. The maximum Gasteiger partial charge on any atom is 0.102 e. The van der Waals surface area contributed by atoms with Crippen LogP contribution >= 0.6 is 0 Å². The van der Waals surface area contributed by atoms with Crippen LogP contribution in [0.1, 0.15) is 365 Å². The van der Waals surface area contributed by atoms with Crippen molar-refractivity contribution >= 4 is 51.4 Å². The van der Waals surface area contributed by atoms with Crippen LogP contribution < -0.4 is 0 Å². The first-order chi connectivity index (χ1) is 45.3. The second-order valence-corrected chi connectivity index (χ2v) is 27.5. The van der Waals surface area contributed by atoms with E-state index >= 15 is 0 Å². The molecule has 0 aromatic rings. The van der Waals surface area contributed by atoms with E-state index in [2.05, 4.69) is 65.7 Å². The minimum atomic E-state index is -0.718. The van der Waals surface area contributed by atoms with E-state index in [1.165, 1.54) is 0 Å². The third-order valence-corrected chi connectivity index (χ3v) is 19.2. The number of hydrogen-bond donors (Lipinski definition) is 9. The molecular formula is C81H171N9O9Yb9. The Labute approximate surface area is 1020 Å². The maximum absolute atomic E-state index is 10.2. The maximum atomic E-state index is 10.2. The number of rotatable bonds is 33. The van der Waals surface area contributed by atoms with Crippen molar-refractivity contribution in [2.45, 2.75) is 433 Å². The second kappa shape index (κ2) is 93.5.